The van der Waals surface area contributed by atoms with Crippen molar-refractivity contribution in [2.75, 3.05) is 6.54 Å². The number of hydrogen-bond acceptors (Lipinski definition) is 2. The van der Waals surface area contributed by atoms with Gasteiger partial charge in [0.1, 0.15) is 5.78 Å². The summed E-state index contributed by atoms with van der Waals surface area (Å²) in [5, 5.41) is 0. The molecule has 2 fully saturated rings. The number of piperidine rings is 2. The molecule has 2 nitrogen and oxygen atoms in total. The Labute approximate surface area is 91.3 Å². The Kier molecular flexibility index (Phi) is 2.20. The lowest BCUT2D eigenvalue weighted by Crippen LogP contribution is -2.55. The van der Waals surface area contributed by atoms with Gasteiger partial charge in [0.05, 0.1) is 5.92 Å². The normalized spacial score (nSPS) is 41.0. The van der Waals surface area contributed by atoms with Gasteiger partial charge in [-0.25, -0.2) is 0 Å². The fourth-order valence-corrected chi connectivity index (χ4v) is 3.71. The number of carbonyl (C=O) groups excluding carboxylic acids is 1. The van der Waals surface area contributed by atoms with E-state index in [0.29, 0.717) is 17.9 Å². The second kappa shape index (κ2) is 3.44. The maximum absolute atomic E-state index is 12.1. The third-order valence-electron chi connectivity index (χ3n) is 4.44. The molecule has 0 aromatic rings. The summed E-state index contributed by atoms with van der Waals surface area (Å²) in [5.41, 5.74) is 1.33. The highest BCUT2D eigenvalue weighted by Gasteiger charge is 2.45. The van der Waals surface area contributed by atoms with Gasteiger partial charge in [-0.1, -0.05) is 18.1 Å². The van der Waals surface area contributed by atoms with Crippen LogP contribution in [0.15, 0.2) is 11.6 Å². The molecule has 1 aliphatic carbocycles. The van der Waals surface area contributed by atoms with E-state index in [1.54, 1.807) is 0 Å². The number of fused-ring (bicyclic) bond motifs is 3. The third kappa shape index (κ3) is 1.38. The van der Waals surface area contributed by atoms with Gasteiger partial charge in [0.2, 0.25) is 0 Å². The smallest absolute Gasteiger partial charge is 0.143 e. The number of carbonyl (C=O) groups is 1. The van der Waals surface area contributed by atoms with Crippen LogP contribution >= 0.6 is 0 Å². The summed E-state index contributed by atoms with van der Waals surface area (Å²) >= 11 is 0. The molecule has 3 aliphatic rings. The topological polar surface area (TPSA) is 20.3 Å². The number of ketones is 1. The van der Waals surface area contributed by atoms with Gasteiger partial charge in [0, 0.05) is 18.5 Å². The Balaban J connectivity index is 1.87. The standard InChI is InChI=1S/C13H19NO/c1-9-5-6-11-13(9)12(15)8-10-4-2-3-7-14(10)11/h5,10-11,13H,2-4,6-8H2,1H3. The monoisotopic (exact) mass is 205 g/mol. The lowest BCUT2D eigenvalue weighted by atomic mass is 9.80. The first-order valence-electron chi connectivity index (χ1n) is 6.22. The molecule has 0 amide bonds. The Morgan fingerprint density at radius 2 is 2.27 bits per heavy atom. The zero-order valence-corrected chi connectivity index (χ0v) is 9.41. The fourth-order valence-electron chi connectivity index (χ4n) is 3.71. The van der Waals surface area contributed by atoms with Crippen molar-refractivity contribution in [1.82, 2.24) is 4.90 Å². The Hall–Kier alpha value is -0.630. The van der Waals surface area contributed by atoms with Crippen molar-refractivity contribution >= 4 is 5.78 Å². The minimum Gasteiger partial charge on any atom is -0.299 e. The van der Waals surface area contributed by atoms with Crippen LogP contribution in [0, 0.1) is 5.92 Å². The molecule has 0 bridgehead atoms. The molecular weight excluding hydrogens is 186 g/mol. The van der Waals surface area contributed by atoms with Gasteiger partial charge in [-0.05, 0) is 32.7 Å². The van der Waals surface area contributed by atoms with Crippen LogP contribution in [0.2, 0.25) is 0 Å². The first-order chi connectivity index (χ1) is 7.27. The van der Waals surface area contributed by atoms with Gasteiger partial charge in [-0.2, -0.15) is 0 Å². The first-order valence-corrected chi connectivity index (χ1v) is 6.22. The van der Waals surface area contributed by atoms with Gasteiger partial charge in [0.15, 0.2) is 0 Å². The highest BCUT2D eigenvalue weighted by Crippen LogP contribution is 2.40. The Morgan fingerprint density at radius 3 is 3.13 bits per heavy atom. The first kappa shape index (κ1) is 9.59. The molecule has 0 radical (unpaired) electrons. The third-order valence-corrected chi connectivity index (χ3v) is 4.44. The molecule has 2 heteroatoms. The summed E-state index contributed by atoms with van der Waals surface area (Å²) in [6.45, 7) is 3.35. The molecule has 3 rings (SSSR count). The molecule has 2 aliphatic heterocycles. The predicted octanol–water partition coefficient (Wildman–Crippen LogP) is 2.15. The average Bonchev–Trinajstić information content (AvgIpc) is 2.62. The highest BCUT2D eigenvalue weighted by molar-refractivity contribution is 5.86. The lowest BCUT2D eigenvalue weighted by Gasteiger charge is -2.46. The maximum Gasteiger partial charge on any atom is 0.143 e. The van der Waals surface area contributed by atoms with E-state index in [9.17, 15) is 4.79 Å². The molecule has 2 saturated heterocycles. The molecule has 0 N–H and O–H groups in total. The van der Waals surface area contributed by atoms with Gasteiger partial charge in [-0.3, -0.25) is 9.69 Å². The minimum absolute atomic E-state index is 0.249. The molecule has 2 heterocycles. The lowest BCUT2D eigenvalue weighted by molar-refractivity contribution is -0.130. The van der Waals surface area contributed by atoms with Gasteiger partial charge in [0.25, 0.3) is 0 Å². The minimum atomic E-state index is 0.249. The molecule has 0 spiro atoms. The molecule has 0 aromatic heterocycles. The molecular formula is C13H19NO. The van der Waals surface area contributed by atoms with E-state index in [-0.39, 0.29) is 5.92 Å². The van der Waals surface area contributed by atoms with E-state index in [4.69, 9.17) is 0 Å². The van der Waals surface area contributed by atoms with Crippen molar-refractivity contribution in [3.63, 3.8) is 0 Å². The summed E-state index contributed by atoms with van der Waals surface area (Å²) in [6.07, 6.45) is 8.09. The van der Waals surface area contributed by atoms with Gasteiger partial charge < -0.3 is 0 Å². The summed E-state index contributed by atoms with van der Waals surface area (Å²) in [7, 11) is 0. The fraction of sp³-hybridized carbons (Fsp3) is 0.769. The molecule has 0 saturated carbocycles. The predicted molar refractivity (Wildman–Crippen MR) is 59.6 cm³/mol. The molecule has 0 aromatic carbocycles. The number of nitrogens with zero attached hydrogens (tertiary/aromatic N) is 1. The van der Waals surface area contributed by atoms with Crippen molar-refractivity contribution in [2.24, 2.45) is 5.92 Å². The Bertz CT molecular complexity index is 320. The van der Waals surface area contributed by atoms with Crippen LogP contribution < -0.4 is 0 Å². The molecule has 82 valence electrons. The van der Waals surface area contributed by atoms with Crippen molar-refractivity contribution in [3.05, 3.63) is 11.6 Å². The van der Waals surface area contributed by atoms with Crippen molar-refractivity contribution in [1.29, 1.82) is 0 Å². The quantitative estimate of drug-likeness (QED) is 0.565. The largest absolute Gasteiger partial charge is 0.299 e. The van der Waals surface area contributed by atoms with Crippen LogP contribution in [0.3, 0.4) is 0 Å². The van der Waals surface area contributed by atoms with Crippen molar-refractivity contribution < 1.29 is 4.79 Å². The van der Waals surface area contributed by atoms with E-state index >= 15 is 0 Å². The Morgan fingerprint density at radius 1 is 1.40 bits per heavy atom. The van der Waals surface area contributed by atoms with Crippen LogP contribution in [-0.4, -0.2) is 29.3 Å². The molecule has 15 heavy (non-hydrogen) atoms. The second-order valence-electron chi connectivity index (χ2n) is 5.29. The molecule has 3 atom stereocenters. The number of hydrogen-bond donors (Lipinski definition) is 0. The number of Topliss-reactive ketones (excluding diaryl/α,β-unsaturated/α-hetero) is 1. The summed E-state index contributed by atoms with van der Waals surface area (Å²) in [5.74, 6) is 0.758. The highest BCUT2D eigenvalue weighted by atomic mass is 16.1. The zero-order chi connectivity index (χ0) is 10.4. The average molecular weight is 205 g/mol. The van der Waals surface area contributed by atoms with Crippen LogP contribution in [0.5, 0.6) is 0 Å². The van der Waals surface area contributed by atoms with Crippen LogP contribution in [-0.2, 0) is 4.79 Å². The van der Waals surface area contributed by atoms with E-state index in [1.165, 1.54) is 31.4 Å². The molecule has 3 unspecified atom stereocenters. The van der Waals surface area contributed by atoms with E-state index < -0.39 is 0 Å². The van der Waals surface area contributed by atoms with Crippen LogP contribution in [0.25, 0.3) is 0 Å². The SMILES string of the molecule is CC1=CCC2C1C(=O)CC1CCCCN12. The summed E-state index contributed by atoms with van der Waals surface area (Å²) in [4.78, 5) is 14.7. The van der Waals surface area contributed by atoms with Crippen molar-refractivity contribution in [2.45, 2.75) is 51.1 Å². The number of rotatable bonds is 0. The van der Waals surface area contributed by atoms with E-state index in [0.717, 1.165) is 12.8 Å². The summed E-state index contributed by atoms with van der Waals surface area (Å²) in [6, 6.07) is 1.10. The van der Waals surface area contributed by atoms with Crippen molar-refractivity contribution in [3.8, 4) is 0 Å². The maximum atomic E-state index is 12.1. The van der Waals surface area contributed by atoms with E-state index in [1.807, 2.05) is 0 Å². The zero-order valence-electron chi connectivity index (χ0n) is 9.41. The van der Waals surface area contributed by atoms with Crippen LogP contribution in [0.4, 0.5) is 0 Å². The van der Waals surface area contributed by atoms with Crippen LogP contribution in [0.1, 0.15) is 39.0 Å². The van der Waals surface area contributed by atoms with Gasteiger partial charge >= 0.3 is 0 Å². The van der Waals surface area contributed by atoms with E-state index in [2.05, 4.69) is 17.9 Å². The summed E-state index contributed by atoms with van der Waals surface area (Å²) < 4.78 is 0. The van der Waals surface area contributed by atoms with Gasteiger partial charge in [-0.15, -0.1) is 0 Å². The second-order valence-corrected chi connectivity index (χ2v) is 5.29.